The molecule has 0 radical (unpaired) electrons. The van der Waals surface area contributed by atoms with Crippen LogP contribution >= 0.6 is 11.3 Å². The van der Waals surface area contributed by atoms with E-state index < -0.39 is 11.6 Å². The molecule has 0 saturated heterocycles. The van der Waals surface area contributed by atoms with Crippen LogP contribution in [0, 0.1) is 11.6 Å². The van der Waals surface area contributed by atoms with Gasteiger partial charge in [0, 0.05) is 29.9 Å². The Bertz CT molecular complexity index is 1200. The van der Waals surface area contributed by atoms with Gasteiger partial charge < -0.3 is 14.5 Å². The second kappa shape index (κ2) is 9.05. The zero-order valence-corrected chi connectivity index (χ0v) is 17.2. The van der Waals surface area contributed by atoms with Crippen LogP contribution in [0.3, 0.4) is 0 Å². The molecule has 0 aliphatic heterocycles. The van der Waals surface area contributed by atoms with Gasteiger partial charge in [-0.2, -0.15) is 0 Å². The average molecular weight is 441 g/mol. The van der Waals surface area contributed by atoms with E-state index in [4.69, 9.17) is 9.15 Å². The first-order valence-corrected chi connectivity index (χ1v) is 10.2. The standard InChI is InChI=1S/C22H17F2N3O3S/c1-29-15-5-2-13(3-6-15)18-12-31-22(26-18)27-20(28)8-9-21-25-11-19(30-21)16-7-4-14(23)10-17(16)24/h2-7,10-12H,8-9H2,1H3,(H,26,27,28). The molecule has 2 heterocycles. The summed E-state index contributed by atoms with van der Waals surface area (Å²) in [6.07, 6.45) is 1.69. The Morgan fingerprint density at radius 3 is 2.74 bits per heavy atom. The summed E-state index contributed by atoms with van der Waals surface area (Å²) >= 11 is 1.32. The van der Waals surface area contributed by atoms with Gasteiger partial charge in [-0.3, -0.25) is 4.79 Å². The van der Waals surface area contributed by atoms with Crippen molar-refractivity contribution in [1.82, 2.24) is 9.97 Å². The molecule has 4 rings (SSSR count). The SMILES string of the molecule is COc1ccc(-c2csc(NC(=O)CCc3ncc(-c4ccc(F)cc4F)o3)n2)cc1. The van der Waals surface area contributed by atoms with Crippen LogP contribution in [0.5, 0.6) is 5.75 Å². The van der Waals surface area contributed by atoms with Crippen molar-refractivity contribution in [3.05, 3.63) is 71.6 Å². The summed E-state index contributed by atoms with van der Waals surface area (Å²) in [5.41, 5.74) is 1.78. The van der Waals surface area contributed by atoms with Gasteiger partial charge >= 0.3 is 0 Å². The highest BCUT2D eigenvalue weighted by molar-refractivity contribution is 7.14. The molecule has 4 aromatic rings. The molecule has 31 heavy (non-hydrogen) atoms. The van der Waals surface area contributed by atoms with E-state index in [2.05, 4.69) is 15.3 Å². The molecule has 0 spiro atoms. The van der Waals surface area contributed by atoms with Gasteiger partial charge in [-0.1, -0.05) is 0 Å². The number of carbonyl (C=O) groups is 1. The number of amides is 1. The van der Waals surface area contributed by atoms with Crippen molar-refractivity contribution in [2.45, 2.75) is 12.8 Å². The lowest BCUT2D eigenvalue weighted by atomic mass is 10.2. The van der Waals surface area contributed by atoms with Crippen LogP contribution in [0.4, 0.5) is 13.9 Å². The number of oxazole rings is 1. The molecule has 1 N–H and O–H groups in total. The largest absolute Gasteiger partial charge is 0.497 e. The van der Waals surface area contributed by atoms with E-state index in [0.29, 0.717) is 5.13 Å². The molecular weight excluding hydrogens is 424 g/mol. The van der Waals surface area contributed by atoms with Gasteiger partial charge in [0.25, 0.3) is 0 Å². The van der Waals surface area contributed by atoms with Crippen molar-refractivity contribution in [1.29, 1.82) is 0 Å². The molecule has 6 nitrogen and oxygen atoms in total. The fourth-order valence-electron chi connectivity index (χ4n) is 2.87. The molecule has 9 heteroatoms. The Labute approximate surface area is 180 Å². The summed E-state index contributed by atoms with van der Waals surface area (Å²) in [6.45, 7) is 0. The summed E-state index contributed by atoms with van der Waals surface area (Å²) in [6, 6.07) is 10.7. The molecule has 0 fully saturated rings. The van der Waals surface area contributed by atoms with Crippen LogP contribution in [0.1, 0.15) is 12.3 Å². The first kappa shape index (κ1) is 20.7. The normalized spacial score (nSPS) is 10.8. The maximum Gasteiger partial charge on any atom is 0.226 e. The lowest BCUT2D eigenvalue weighted by molar-refractivity contribution is -0.116. The van der Waals surface area contributed by atoms with Gasteiger partial charge in [0.05, 0.1) is 24.6 Å². The van der Waals surface area contributed by atoms with E-state index in [1.807, 2.05) is 29.6 Å². The predicted molar refractivity (Wildman–Crippen MR) is 113 cm³/mol. The number of nitrogens with zero attached hydrogens (tertiary/aromatic N) is 2. The maximum absolute atomic E-state index is 13.9. The molecule has 0 unspecified atom stereocenters. The quantitative estimate of drug-likeness (QED) is 0.420. The number of aryl methyl sites for hydroxylation is 1. The van der Waals surface area contributed by atoms with Gasteiger partial charge in [-0.15, -0.1) is 11.3 Å². The van der Waals surface area contributed by atoms with Gasteiger partial charge in [-0.05, 0) is 36.4 Å². The minimum absolute atomic E-state index is 0.110. The number of hydrogen-bond donors (Lipinski definition) is 1. The molecule has 2 aromatic carbocycles. The number of ether oxygens (including phenoxy) is 1. The van der Waals surface area contributed by atoms with Crippen LogP contribution in [-0.4, -0.2) is 23.0 Å². The number of benzene rings is 2. The summed E-state index contributed by atoms with van der Waals surface area (Å²) in [4.78, 5) is 20.7. The molecule has 0 aliphatic carbocycles. The Morgan fingerprint density at radius 2 is 2.00 bits per heavy atom. The van der Waals surface area contributed by atoms with Gasteiger partial charge in [0.15, 0.2) is 16.8 Å². The topological polar surface area (TPSA) is 77.2 Å². The van der Waals surface area contributed by atoms with Crippen LogP contribution in [0.25, 0.3) is 22.6 Å². The second-order valence-corrected chi connectivity index (χ2v) is 7.42. The highest BCUT2D eigenvalue weighted by Crippen LogP contribution is 2.27. The van der Waals surface area contributed by atoms with Gasteiger partial charge in [-0.25, -0.2) is 18.7 Å². The first-order chi connectivity index (χ1) is 15.0. The van der Waals surface area contributed by atoms with E-state index in [9.17, 15) is 13.6 Å². The summed E-state index contributed by atoms with van der Waals surface area (Å²) in [7, 11) is 1.60. The third kappa shape index (κ3) is 4.95. The number of hydrogen-bond acceptors (Lipinski definition) is 6. The highest BCUT2D eigenvalue weighted by atomic mass is 32.1. The fourth-order valence-corrected chi connectivity index (χ4v) is 3.60. The predicted octanol–water partition coefficient (Wildman–Crippen LogP) is 5.32. The van der Waals surface area contributed by atoms with Gasteiger partial charge in [0.1, 0.15) is 17.4 Å². The molecule has 0 bridgehead atoms. The van der Waals surface area contributed by atoms with Crippen LogP contribution in [0.2, 0.25) is 0 Å². The molecule has 0 aliphatic rings. The Kier molecular flexibility index (Phi) is 6.03. The number of aromatic nitrogens is 2. The number of rotatable bonds is 7. The fraction of sp³-hybridized carbons (Fsp3) is 0.136. The maximum atomic E-state index is 13.9. The highest BCUT2D eigenvalue weighted by Gasteiger charge is 2.14. The molecule has 2 aromatic heterocycles. The number of halogens is 2. The minimum Gasteiger partial charge on any atom is -0.497 e. The zero-order chi connectivity index (χ0) is 21.8. The van der Waals surface area contributed by atoms with Crippen molar-refractivity contribution in [2.75, 3.05) is 12.4 Å². The number of nitrogens with one attached hydrogen (secondary N) is 1. The van der Waals surface area contributed by atoms with Crippen LogP contribution < -0.4 is 10.1 Å². The Morgan fingerprint density at radius 1 is 1.19 bits per heavy atom. The third-order valence-electron chi connectivity index (χ3n) is 4.45. The average Bonchev–Trinajstić information content (AvgIpc) is 3.42. The number of methoxy groups -OCH3 is 1. The van der Waals surface area contributed by atoms with Crippen molar-refractivity contribution in [3.63, 3.8) is 0 Å². The number of anilines is 1. The lowest BCUT2D eigenvalue weighted by Crippen LogP contribution is -2.12. The van der Waals surface area contributed by atoms with Crippen molar-refractivity contribution in [2.24, 2.45) is 0 Å². The summed E-state index contributed by atoms with van der Waals surface area (Å²) < 4.78 is 37.5. The van der Waals surface area contributed by atoms with E-state index in [1.165, 1.54) is 23.6 Å². The van der Waals surface area contributed by atoms with E-state index >= 15 is 0 Å². The zero-order valence-electron chi connectivity index (χ0n) is 16.4. The van der Waals surface area contributed by atoms with Crippen molar-refractivity contribution in [3.8, 4) is 28.3 Å². The summed E-state index contributed by atoms with van der Waals surface area (Å²) in [5.74, 6) is -0.441. The number of carbonyl (C=O) groups excluding carboxylic acids is 1. The Hall–Kier alpha value is -3.59. The second-order valence-electron chi connectivity index (χ2n) is 6.56. The van der Waals surface area contributed by atoms with E-state index in [0.717, 1.165) is 29.1 Å². The minimum atomic E-state index is -0.739. The molecule has 0 saturated carbocycles. The molecule has 0 atom stereocenters. The molecular formula is C22H17F2N3O3S. The molecule has 158 valence electrons. The lowest BCUT2D eigenvalue weighted by Gasteiger charge is -2.01. The van der Waals surface area contributed by atoms with Crippen LogP contribution in [-0.2, 0) is 11.2 Å². The van der Waals surface area contributed by atoms with Crippen LogP contribution in [0.15, 0.2) is 58.5 Å². The number of thiazole rings is 1. The first-order valence-electron chi connectivity index (χ1n) is 9.32. The Balaban J connectivity index is 1.34. The van der Waals surface area contributed by atoms with Crippen molar-refractivity contribution < 1.29 is 22.7 Å². The molecule has 1 amide bonds. The van der Waals surface area contributed by atoms with E-state index in [1.54, 1.807) is 7.11 Å². The van der Waals surface area contributed by atoms with E-state index in [-0.39, 0.29) is 36.0 Å². The summed E-state index contributed by atoms with van der Waals surface area (Å²) in [5, 5.41) is 5.09. The van der Waals surface area contributed by atoms with Gasteiger partial charge in [0.2, 0.25) is 5.91 Å². The monoisotopic (exact) mass is 441 g/mol. The smallest absolute Gasteiger partial charge is 0.226 e. The van der Waals surface area contributed by atoms with Crippen molar-refractivity contribution >= 4 is 22.4 Å². The third-order valence-corrected chi connectivity index (χ3v) is 5.21.